The van der Waals surface area contributed by atoms with Crippen molar-refractivity contribution in [3.8, 4) is 0 Å². The molecule has 2 aliphatic rings. The van der Waals surface area contributed by atoms with Gasteiger partial charge in [0.2, 0.25) is 0 Å². The molecule has 0 aromatic carbocycles. The van der Waals surface area contributed by atoms with Crippen LogP contribution in [0.5, 0.6) is 0 Å². The predicted molar refractivity (Wildman–Crippen MR) is 61.8 cm³/mol. The number of phosphoric ester groups is 1. The van der Waals surface area contributed by atoms with Gasteiger partial charge in [-0.15, -0.1) is 0 Å². The Bertz CT molecular complexity index is 683. The summed E-state index contributed by atoms with van der Waals surface area (Å²) in [6.07, 6.45) is -3.10. The lowest BCUT2D eigenvalue weighted by Crippen LogP contribution is -2.37. The molecule has 1 aromatic heterocycles. The van der Waals surface area contributed by atoms with Crippen molar-refractivity contribution in [2.75, 3.05) is 0 Å². The summed E-state index contributed by atoms with van der Waals surface area (Å²) < 4.78 is 27.1. The third-order valence-electron chi connectivity index (χ3n) is 3.07. The average Bonchev–Trinajstić information content (AvgIpc) is 2.79. The minimum atomic E-state index is -4.21. The molecule has 0 aliphatic carbocycles. The first kappa shape index (κ1) is 13.7. The van der Waals surface area contributed by atoms with Crippen LogP contribution in [0.4, 0.5) is 0 Å². The first-order valence-corrected chi connectivity index (χ1v) is 7.18. The molecule has 11 heteroatoms. The number of fused-ring (bicyclic) bond motifs is 1. The molecule has 2 saturated heterocycles. The van der Waals surface area contributed by atoms with E-state index in [9.17, 15) is 24.2 Å². The number of phosphoric acid groups is 1. The number of hydrogen-bond acceptors (Lipinski definition) is 7. The minimum Gasteiger partial charge on any atom is -0.366 e. The molecule has 2 fully saturated rings. The summed E-state index contributed by atoms with van der Waals surface area (Å²) >= 11 is 0. The van der Waals surface area contributed by atoms with Gasteiger partial charge in [0.25, 0.3) is 5.56 Å². The lowest BCUT2D eigenvalue weighted by Gasteiger charge is -2.16. The van der Waals surface area contributed by atoms with Crippen LogP contribution in [0.25, 0.3) is 0 Å². The molecule has 3 heterocycles. The van der Waals surface area contributed by atoms with E-state index >= 15 is 0 Å². The Hall–Kier alpha value is -1.29. The molecule has 0 bridgehead atoms. The summed E-state index contributed by atoms with van der Waals surface area (Å²) in [5, 5.41) is 9.59. The van der Waals surface area contributed by atoms with Crippen molar-refractivity contribution in [1.29, 1.82) is 0 Å². The van der Waals surface area contributed by atoms with Crippen LogP contribution in [0.3, 0.4) is 0 Å². The topological polar surface area (TPSA) is 140 Å². The van der Waals surface area contributed by atoms with Crippen LogP contribution < -0.4 is 11.2 Å². The number of aliphatic hydroxyl groups excluding tert-OH is 1. The molecular weight excluding hydrogens is 295 g/mol. The van der Waals surface area contributed by atoms with E-state index < -0.39 is 43.7 Å². The van der Waals surface area contributed by atoms with E-state index in [1.165, 1.54) is 6.20 Å². The summed E-state index contributed by atoms with van der Waals surface area (Å²) in [6.45, 7) is -0.0722. The molecule has 5 unspecified atom stereocenters. The van der Waals surface area contributed by atoms with Gasteiger partial charge < -0.3 is 14.7 Å². The molecule has 0 amide bonds. The summed E-state index contributed by atoms with van der Waals surface area (Å²) in [5.74, 6) is 0. The molecule has 0 radical (unpaired) electrons. The Morgan fingerprint density at radius 1 is 1.35 bits per heavy atom. The maximum Gasteiger partial charge on any atom is 0.473 e. The van der Waals surface area contributed by atoms with Crippen LogP contribution in [0.2, 0.25) is 0 Å². The molecule has 0 saturated carbocycles. The third-order valence-corrected chi connectivity index (χ3v) is 4.09. The van der Waals surface area contributed by atoms with Gasteiger partial charge in [-0.1, -0.05) is 0 Å². The van der Waals surface area contributed by atoms with Gasteiger partial charge in [-0.25, -0.2) is 9.36 Å². The largest absolute Gasteiger partial charge is 0.473 e. The monoisotopic (exact) mass is 306 g/mol. The van der Waals surface area contributed by atoms with Crippen molar-refractivity contribution in [2.45, 2.75) is 31.1 Å². The number of H-pyrrole nitrogens is 1. The minimum absolute atomic E-state index is 0.0722. The SMILES string of the molecule is O=c1ccn(CC2OC(O)C3OP(=O)(O)OC23)c(=O)[nH]1. The molecule has 3 rings (SSSR count). The Morgan fingerprint density at radius 2 is 2.05 bits per heavy atom. The molecule has 0 spiro atoms. The molecule has 1 aromatic rings. The van der Waals surface area contributed by atoms with Crippen molar-refractivity contribution in [3.63, 3.8) is 0 Å². The fraction of sp³-hybridized carbons (Fsp3) is 0.556. The van der Waals surface area contributed by atoms with Gasteiger partial charge in [-0.3, -0.25) is 23.4 Å². The van der Waals surface area contributed by atoms with Crippen LogP contribution in [0.15, 0.2) is 21.9 Å². The normalized spacial score (nSPS) is 39.9. The molecule has 20 heavy (non-hydrogen) atoms. The van der Waals surface area contributed by atoms with Gasteiger partial charge in [0.15, 0.2) is 6.29 Å². The quantitative estimate of drug-likeness (QED) is 0.540. The molecular formula is C9H11N2O8P. The van der Waals surface area contributed by atoms with E-state index in [-0.39, 0.29) is 6.54 Å². The second-order valence-corrected chi connectivity index (χ2v) is 5.79. The van der Waals surface area contributed by atoms with E-state index in [4.69, 9.17) is 9.26 Å². The fourth-order valence-electron chi connectivity index (χ4n) is 2.21. The highest BCUT2D eigenvalue weighted by molar-refractivity contribution is 7.47. The highest BCUT2D eigenvalue weighted by atomic mass is 31.2. The third kappa shape index (κ3) is 2.37. The standard InChI is InChI=1S/C9H11N2O8P/c12-5-1-2-11(9(14)10-5)3-4-6-7(8(13)17-4)19-20(15,16)18-6/h1-2,4,6-8,13H,3H2,(H,15,16)(H,10,12,14). The Labute approximate surface area is 111 Å². The number of nitrogens with zero attached hydrogens (tertiary/aromatic N) is 1. The number of ether oxygens (including phenoxy) is 1. The fourth-order valence-corrected chi connectivity index (χ4v) is 3.35. The highest BCUT2D eigenvalue weighted by Crippen LogP contribution is 2.56. The predicted octanol–water partition coefficient (Wildman–Crippen LogP) is -1.86. The maximum absolute atomic E-state index is 11.5. The Kier molecular flexibility index (Phi) is 3.16. The number of nitrogens with one attached hydrogen (secondary N) is 1. The number of aliphatic hydroxyl groups is 1. The van der Waals surface area contributed by atoms with Gasteiger partial charge in [0, 0.05) is 12.3 Å². The van der Waals surface area contributed by atoms with E-state index in [1.807, 2.05) is 0 Å². The lowest BCUT2D eigenvalue weighted by molar-refractivity contribution is -0.128. The number of hydrogen-bond donors (Lipinski definition) is 3. The van der Waals surface area contributed by atoms with Crippen molar-refractivity contribution in [2.24, 2.45) is 0 Å². The van der Waals surface area contributed by atoms with E-state index in [2.05, 4.69) is 9.51 Å². The van der Waals surface area contributed by atoms with Gasteiger partial charge in [0.1, 0.15) is 18.3 Å². The highest BCUT2D eigenvalue weighted by Gasteiger charge is 2.56. The number of aromatic nitrogens is 2. The molecule has 110 valence electrons. The molecule has 2 aliphatic heterocycles. The van der Waals surface area contributed by atoms with Crippen LogP contribution in [-0.2, 0) is 24.9 Å². The summed E-state index contributed by atoms with van der Waals surface area (Å²) in [5.41, 5.74) is -1.21. The van der Waals surface area contributed by atoms with Crippen molar-refractivity contribution < 1.29 is 28.3 Å². The van der Waals surface area contributed by atoms with Crippen molar-refractivity contribution in [3.05, 3.63) is 33.1 Å². The average molecular weight is 306 g/mol. The molecule has 3 N–H and O–H groups in total. The van der Waals surface area contributed by atoms with Crippen LogP contribution in [0, 0.1) is 0 Å². The van der Waals surface area contributed by atoms with Gasteiger partial charge in [-0.2, -0.15) is 0 Å². The molecule has 5 atom stereocenters. The van der Waals surface area contributed by atoms with E-state index in [0.717, 1.165) is 10.6 Å². The van der Waals surface area contributed by atoms with Crippen LogP contribution in [0.1, 0.15) is 0 Å². The zero-order valence-corrected chi connectivity index (χ0v) is 10.8. The van der Waals surface area contributed by atoms with Crippen molar-refractivity contribution in [1.82, 2.24) is 9.55 Å². The number of rotatable bonds is 2. The first-order valence-electron chi connectivity index (χ1n) is 5.69. The first-order chi connectivity index (χ1) is 9.35. The van der Waals surface area contributed by atoms with Crippen LogP contribution in [-0.4, -0.2) is 44.2 Å². The van der Waals surface area contributed by atoms with Gasteiger partial charge in [-0.05, 0) is 0 Å². The zero-order chi connectivity index (χ0) is 14.5. The second kappa shape index (κ2) is 4.62. The summed E-state index contributed by atoms with van der Waals surface area (Å²) in [7, 11) is -4.21. The number of aromatic amines is 1. The van der Waals surface area contributed by atoms with E-state index in [0.29, 0.717) is 0 Å². The van der Waals surface area contributed by atoms with E-state index in [1.54, 1.807) is 0 Å². The second-order valence-electron chi connectivity index (χ2n) is 4.44. The smallest absolute Gasteiger partial charge is 0.366 e. The lowest BCUT2D eigenvalue weighted by atomic mass is 10.1. The molecule has 10 nitrogen and oxygen atoms in total. The Morgan fingerprint density at radius 3 is 2.75 bits per heavy atom. The zero-order valence-electron chi connectivity index (χ0n) is 9.91. The Balaban J connectivity index is 1.83. The summed E-state index contributed by atoms with van der Waals surface area (Å²) in [6, 6.07) is 1.15. The van der Waals surface area contributed by atoms with Crippen LogP contribution >= 0.6 is 7.82 Å². The van der Waals surface area contributed by atoms with Gasteiger partial charge >= 0.3 is 13.5 Å². The summed E-state index contributed by atoms with van der Waals surface area (Å²) in [4.78, 5) is 33.8. The van der Waals surface area contributed by atoms with Gasteiger partial charge in [0.05, 0.1) is 6.54 Å². The maximum atomic E-state index is 11.5. The van der Waals surface area contributed by atoms with Crippen molar-refractivity contribution >= 4 is 7.82 Å².